The van der Waals surface area contributed by atoms with Gasteiger partial charge in [-0.25, -0.2) is 0 Å². The van der Waals surface area contributed by atoms with Crippen LogP contribution in [0.5, 0.6) is 0 Å². The zero-order valence-electron chi connectivity index (χ0n) is 7.11. The minimum Gasteiger partial charge on any atom is -0.468 e. The third kappa shape index (κ3) is 2.09. The topological polar surface area (TPSA) is 58.6 Å². The van der Waals surface area contributed by atoms with Crippen LogP contribution in [0.2, 0.25) is 0 Å². The van der Waals surface area contributed by atoms with Crippen molar-refractivity contribution in [3.05, 3.63) is 0 Å². The second kappa shape index (κ2) is 4.64. The monoisotopic (exact) mass is 195 g/mol. The van der Waals surface area contributed by atoms with Crippen molar-refractivity contribution in [2.24, 2.45) is 5.92 Å². The molecule has 0 spiro atoms. The standard InChI is InChI=1S/C7H13NO3.ClH/c1-4-3-8-5(6(4)9)7(10)11-2;/h4-6,8-9H,3H2,1-2H3;1H/t4-,5-,6-;/m0./s1. The molecule has 1 aliphatic heterocycles. The molecule has 1 heterocycles. The van der Waals surface area contributed by atoms with Gasteiger partial charge in [-0.05, 0) is 5.92 Å². The Hall–Kier alpha value is -0.320. The number of methoxy groups -OCH3 is 1. The highest BCUT2D eigenvalue weighted by molar-refractivity contribution is 5.85. The quantitative estimate of drug-likeness (QED) is 0.557. The van der Waals surface area contributed by atoms with Crippen LogP contribution in [0.25, 0.3) is 0 Å². The van der Waals surface area contributed by atoms with Crippen molar-refractivity contribution in [1.82, 2.24) is 5.32 Å². The Bertz CT molecular complexity index is 165. The fourth-order valence-corrected chi connectivity index (χ4v) is 1.23. The summed E-state index contributed by atoms with van der Waals surface area (Å²) in [5.74, 6) is -0.263. The van der Waals surface area contributed by atoms with Crippen LogP contribution in [0.1, 0.15) is 6.92 Å². The second-order valence-electron chi connectivity index (χ2n) is 2.88. The highest BCUT2D eigenvalue weighted by atomic mass is 35.5. The van der Waals surface area contributed by atoms with E-state index in [4.69, 9.17) is 0 Å². The van der Waals surface area contributed by atoms with Gasteiger partial charge in [-0.3, -0.25) is 4.79 Å². The first-order valence-corrected chi connectivity index (χ1v) is 3.66. The average molecular weight is 196 g/mol. The Labute approximate surface area is 77.7 Å². The zero-order chi connectivity index (χ0) is 8.43. The molecule has 12 heavy (non-hydrogen) atoms. The van der Waals surface area contributed by atoms with Gasteiger partial charge >= 0.3 is 5.97 Å². The van der Waals surface area contributed by atoms with E-state index in [-0.39, 0.29) is 24.3 Å². The summed E-state index contributed by atoms with van der Waals surface area (Å²) in [7, 11) is 1.32. The normalized spacial score (nSPS) is 34.1. The lowest BCUT2D eigenvalue weighted by molar-refractivity contribution is -0.145. The van der Waals surface area contributed by atoms with Gasteiger partial charge in [-0.15, -0.1) is 12.4 Å². The Kier molecular flexibility index (Phi) is 4.52. The van der Waals surface area contributed by atoms with Gasteiger partial charge in [0.15, 0.2) is 0 Å². The van der Waals surface area contributed by atoms with E-state index in [2.05, 4.69) is 10.1 Å². The molecule has 2 N–H and O–H groups in total. The van der Waals surface area contributed by atoms with E-state index in [1.165, 1.54) is 7.11 Å². The second-order valence-corrected chi connectivity index (χ2v) is 2.88. The lowest BCUT2D eigenvalue weighted by Crippen LogP contribution is -2.39. The summed E-state index contributed by atoms with van der Waals surface area (Å²) in [6, 6.07) is -0.532. The van der Waals surface area contributed by atoms with Crippen LogP contribution in [0.3, 0.4) is 0 Å². The molecule has 0 bridgehead atoms. The van der Waals surface area contributed by atoms with Crippen LogP contribution >= 0.6 is 12.4 Å². The van der Waals surface area contributed by atoms with Gasteiger partial charge in [0.2, 0.25) is 0 Å². The number of carbonyl (C=O) groups is 1. The van der Waals surface area contributed by atoms with Crippen molar-refractivity contribution in [3.63, 3.8) is 0 Å². The number of aliphatic hydroxyl groups is 1. The molecule has 0 amide bonds. The third-order valence-corrected chi connectivity index (χ3v) is 2.04. The number of halogens is 1. The van der Waals surface area contributed by atoms with Crippen LogP contribution in [-0.2, 0) is 9.53 Å². The summed E-state index contributed by atoms with van der Waals surface area (Å²) in [5.41, 5.74) is 0. The van der Waals surface area contributed by atoms with Gasteiger partial charge in [-0.1, -0.05) is 6.92 Å². The van der Waals surface area contributed by atoms with Gasteiger partial charge in [0.25, 0.3) is 0 Å². The van der Waals surface area contributed by atoms with Crippen LogP contribution in [0.4, 0.5) is 0 Å². The Morgan fingerprint density at radius 2 is 2.25 bits per heavy atom. The number of rotatable bonds is 1. The molecule has 1 saturated heterocycles. The molecule has 0 aromatic heterocycles. The molecule has 4 nitrogen and oxygen atoms in total. The van der Waals surface area contributed by atoms with E-state index >= 15 is 0 Å². The Morgan fingerprint density at radius 1 is 1.67 bits per heavy atom. The maximum atomic E-state index is 10.9. The van der Waals surface area contributed by atoms with Crippen molar-refractivity contribution in [2.75, 3.05) is 13.7 Å². The van der Waals surface area contributed by atoms with Crippen LogP contribution in [-0.4, -0.2) is 36.9 Å². The minimum atomic E-state index is -0.609. The van der Waals surface area contributed by atoms with Gasteiger partial charge < -0.3 is 15.2 Å². The number of esters is 1. The number of hydrogen-bond donors (Lipinski definition) is 2. The van der Waals surface area contributed by atoms with Crippen LogP contribution < -0.4 is 5.32 Å². The molecule has 0 aromatic rings. The van der Waals surface area contributed by atoms with E-state index in [1.807, 2.05) is 6.92 Å². The molecule has 0 saturated carbocycles. The number of ether oxygens (including phenoxy) is 1. The fourth-order valence-electron chi connectivity index (χ4n) is 1.23. The van der Waals surface area contributed by atoms with E-state index in [0.29, 0.717) is 6.54 Å². The molecule has 0 radical (unpaired) electrons. The smallest absolute Gasteiger partial charge is 0.325 e. The summed E-state index contributed by atoms with van der Waals surface area (Å²) in [5, 5.41) is 12.3. The number of nitrogens with one attached hydrogen (secondary N) is 1. The minimum absolute atomic E-state index is 0. The van der Waals surface area contributed by atoms with Crippen LogP contribution in [0, 0.1) is 5.92 Å². The predicted molar refractivity (Wildman–Crippen MR) is 46.2 cm³/mol. The summed E-state index contributed by atoms with van der Waals surface area (Å²) in [6.45, 7) is 2.56. The number of aliphatic hydroxyl groups excluding tert-OH is 1. The molecule has 1 rings (SSSR count). The molecule has 5 heteroatoms. The molecule has 0 aromatic carbocycles. The first kappa shape index (κ1) is 11.7. The molecule has 72 valence electrons. The van der Waals surface area contributed by atoms with Crippen molar-refractivity contribution in [1.29, 1.82) is 0 Å². The molecule has 3 atom stereocenters. The lowest BCUT2D eigenvalue weighted by Gasteiger charge is -2.13. The molecule has 1 aliphatic rings. The first-order valence-electron chi connectivity index (χ1n) is 3.66. The zero-order valence-corrected chi connectivity index (χ0v) is 7.93. The van der Waals surface area contributed by atoms with Crippen molar-refractivity contribution >= 4 is 18.4 Å². The summed E-state index contributed by atoms with van der Waals surface area (Å²) >= 11 is 0. The maximum absolute atomic E-state index is 10.9. The van der Waals surface area contributed by atoms with Crippen molar-refractivity contribution < 1.29 is 14.6 Å². The van der Waals surface area contributed by atoms with Gasteiger partial charge in [0, 0.05) is 6.54 Å². The SMILES string of the molecule is COC(=O)[C@H]1NC[C@H](C)[C@@H]1O.Cl. The van der Waals surface area contributed by atoms with Crippen molar-refractivity contribution in [2.45, 2.75) is 19.1 Å². The van der Waals surface area contributed by atoms with Gasteiger partial charge in [0.05, 0.1) is 13.2 Å². The maximum Gasteiger partial charge on any atom is 0.325 e. The summed E-state index contributed by atoms with van der Waals surface area (Å²) in [4.78, 5) is 10.9. The van der Waals surface area contributed by atoms with E-state index in [9.17, 15) is 9.90 Å². The first-order chi connectivity index (χ1) is 5.16. The predicted octanol–water partition coefficient (Wildman–Crippen LogP) is -0.450. The summed E-state index contributed by atoms with van der Waals surface area (Å²) < 4.78 is 4.49. The molecule has 0 unspecified atom stereocenters. The lowest BCUT2D eigenvalue weighted by atomic mass is 10.0. The Morgan fingerprint density at radius 3 is 2.58 bits per heavy atom. The number of hydrogen-bond acceptors (Lipinski definition) is 4. The van der Waals surface area contributed by atoms with Gasteiger partial charge in [-0.2, -0.15) is 0 Å². The average Bonchev–Trinajstić information content (AvgIpc) is 2.32. The highest BCUT2D eigenvalue weighted by Crippen LogP contribution is 2.14. The van der Waals surface area contributed by atoms with Crippen molar-refractivity contribution in [3.8, 4) is 0 Å². The molecule has 1 fully saturated rings. The third-order valence-electron chi connectivity index (χ3n) is 2.04. The Balaban J connectivity index is 0.00000121. The summed E-state index contributed by atoms with van der Waals surface area (Å²) in [6.07, 6.45) is -0.609. The molecule has 0 aliphatic carbocycles. The largest absolute Gasteiger partial charge is 0.468 e. The molecular weight excluding hydrogens is 182 g/mol. The van der Waals surface area contributed by atoms with Gasteiger partial charge in [0.1, 0.15) is 6.04 Å². The van der Waals surface area contributed by atoms with E-state index < -0.39 is 12.1 Å². The fraction of sp³-hybridized carbons (Fsp3) is 0.857. The number of carbonyl (C=O) groups excluding carboxylic acids is 1. The molecular formula is C7H14ClNO3. The van der Waals surface area contributed by atoms with Crippen LogP contribution in [0.15, 0.2) is 0 Å². The highest BCUT2D eigenvalue weighted by Gasteiger charge is 2.36. The van der Waals surface area contributed by atoms with E-state index in [0.717, 1.165) is 0 Å². The van der Waals surface area contributed by atoms with E-state index in [1.54, 1.807) is 0 Å².